The Kier molecular flexibility index (Phi) is 4.00. The first-order valence-electron chi connectivity index (χ1n) is 8.64. The summed E-state index contributed by atoms with van der Waals surface area (Å²) >= 11 is 0. The van der Waals surface area contributed by atoms with E-state index in [1.165, 1.54) is 36.1 Å². The van der Waals surface area contributed by atoms with E-state index in [0.717, 1.165) is 31.9 Å². The number of aryl methyl sites for hydroxylation is 2. The minimum absolute atomic E-state index is 0.605. The van der Waals surface area contributed by atoms with E-state index in [-0.39, 0.29) is 0 Å². The third kappa shape index (κ3) is 3.08. The van der Waals surface area contributed by atoms with Gasteiger partial charge in [-0.15, -0.1) is 5.10 Å². The summed E-state index contributed by atoms with van der Waals surface area (Å²) in [6.07, 6.45) is 4.83. The van der Waals surface area contributed by atoms with Gasteiger partial charge in [0.05, 0.1) is 5.69 Å². The van der Waals surface area contributed by atoms with E-state index in [4.69, 9.17) is 0 Å². The zero-order valence-electron chi connectivity index (χ0n) is 13.8. The number of hydrogen-bond acceptors (Lipinski definition) is 4. The molecule has 1 aliphatic heterocycles. The van der Waals surface area contributed by atoms with Crippen LogP contribution in [-0.2, 0) is 19.4 Å². The standard InChI is InChI=1S/C19H24N4/c1-22(12-15-7-3-2-4-8-15)17-13-23(14-17)19-11-16-9-5-6-10-18(16)20-21-19/h2-4,7-8,11,17H,5-6,9-10,12-14H2,1H3. The number of fused-ring (bicyclic) bond motifs is 1. The Morgan fingerprint density at radius 1 is 1.09 bits per heavy atom. The molecule has 0 spiro atoms. The van der Waals surface area contributed by atoms with Crippen molar-refractivity contribution >= 4 is 5.82 Å². The van der Waals surface area contributed by atoms with Crippen LogP contribution in [0.15, 0.2) is 36.4 Å². The summed E-state index contributed by atoms with van der Waals surface area (Å²) < 4.78 is 0. The first-order valence-corrected chi connectivity index (χ1v) is 8.64. The van der Waals surface area contributed by atoms with Crippen molar-refractivity contribution in [1.82, 2.24) is 15.1 Å². The van der Waals surface area contributed by atoms with Crippen LogP contribution in [0.2, 0.25) is 0 Å². The van der Waals surface area contributed by atoms with Crippen molar-refractivity contribution in [2.75, 3.05) is 25.0 Å². The zero-order chi connectivity index (χ0) is 15.6. The van der Waals surface area contributed by atoms with Gasteiger partial charge in [0.1, 0.15) is 0 Å². The summed E-state index contributed by atoms with van der Waals surface area (Å²) in [5.74, 6) is 1.06. The van der Waals surface area contributed by atoms with Gasteiger partial charge in [0.25, 0.3) is 0 Å². The molecule has 1 aliphatic carbocycles. The molecule has 2 aromatic rings. The quantitative estimate of drug-likeness (QED) is 0.869. The first kappa shape index (κ1) is 14.6. The highest BCUT2D eigenvalue weighted by atomic mass is 15.4. The predicted molar refractivity (Wildman–Crippen MR) is 92.6 cm³/mol. The third-order valence-corrected chi connectivity index (χ3v) is 5.14. The van der Waals surface area contributed by atoms with Crippen LogP contribution >= 0.6 is 0 Å². The Hall–Kier alpha value is -1.94. The van der Waals surface area contributed by atoms with Crippen LogP contribution in [0.4, 0.5) is 5.82 Å². The van der Waals surface area contributed by atoms with Crippen LogP contribution < -0.4 is 4.90 Å². The second-order valence-electron chi connectivity index (χ2n) is 6.84. The van der Waals surface area contributed by atoms with E-state index < -0.39 is 0 Å². The molecule has 4 heteroatoms. The van der Waals surface area contributed by atoms with Crippen molar-refractivity contribution in [3.63, 3.8) is 0 Å². The van der Waals surface area contributed by atoms with Gasteiger partial charge >= 0.3 is 0 Å². The molecule has 0 N–H and O–H groups in total. The zero-order valence-corrected chi connectivity index (χ0v) is 13.8. The van der Waals surface area contributed by atoms with Crippen LogP contribution in [0, 0.1) is 0 Å². The van der Waals surface area contributed by atoms with Crippen molar-refractivity contribution in [2.45, 2.75) is 38.3 Å². The second kappa shape index (κ2) is 6.28. The summed E-state index contributed by atoms with van der Waals surface area (Å²) in [6, 6.07) is 13.6. The van der Waals surface area contributed by atoms with E-state index in [1.54, 1.807) is 0 Å². The summed E-state index contributed by atoms with van der Waals surface area (Å²) in [5.41, 5.74) is 4.02. The van der Waals surface area contributed by atoms with Gasteiger partial charge in [-0.2, -0.15) is 5.10 Å². The van der Waals surface area contributed by atoms with Gasteiger partial charge in [0.15, 0.2) is 5.82 Å². The van der Waals surface area contributed by atoms with Crippen molar-refractivity contribution in [3.8, 4) is 0 Å². The number of likely N-dealkylation sites (N-methyl/N-ethyl adjacent to an activating group) is 1. The maximum atomic E-state index is 4.45. The smallest absolute Gasteiger partial charge is 0.151 e. The molecule has 0 amide bonds. The van der Waals surface area contributed by atoms with Crippen LogP contribution in [0.5, 0.6) is 0 Å². The molecule has 4 nitrogen and oxygen atoms in total. The van der Waals surface area contributed by atoms with Crippen molar-refractivity contribution < 1.29 is 0 Å². The molecule has 0 radical (unpaired) electrons. The summed E-state index contributed by atoms with van der Waals surface area (Å²) in [6.45, 7) is 3.11. The largest absolute Gasteiger partial charge is 0.352 e. The molecule has 1 aromatic heterocycles. The Balaban J connectivity index is 1.36. The fourth-order valence-electron chi connectivity index (χ4n) is 3.55. The summed E-state index contributed by atoms with van der Waals surface area (Å²) in [5, 5.41) is 8.90. The average Bonchev–Trinajstić information content (AvgIpc) is 2.54. The molecule has 1 saturated heterocycles. The number of rotatable bonds is 4. The van der Waals surface area contributed by atoms with Crippen LogP contribution in [0.3, 0.4) is 0 Å². The van der Waals surface area contributed by atoms with Crippen molar-refractivity contribution in [3.05, 3.63) is 53.2 Å². The normalized spacial score (nSPS) is 17.9. The highest BCUT2D eigenvalue weighted by molar-refractivity contribution is 5.45. The topological polar surface area (TPSA) is 32.3 Å². The molecule has 4 rings (SSSR count). The van der Waals surface area contributed by atoms with Crippen LogP contribution in [-0.4, -0.2) is 41.3 Å². The summed E-state index contributed by atoms with van der Waals surface area (Å²) in [4.78, 5) is 4.80. The molecule has 0 unspecified atom stereocenters. The maximum absolute atomic E-state index is 4.45. The lowest BCUT2D eigenvalue weighted by Crippen LogP contribution is -2.58. The Bertz CT molecular complexity index is 664. The Morgan fingerprint density at radius 2 is 1.87 bits per heavy atom. The third-order valence-electron chi connectivity index (χ3n) is 5.14. The molecular weight excluding hydrogens is 284 g/mol. The monoisotopic (exact) mass is 308 g/mol. The van der Waals surface area contributed by atoms with Gasteiger partial charge in [-0.25, -0.2) is 0 Å². The highest BCUT2D eigenvalue weighted by Crippen LogP contribution is 2.26. The lowest BCUT2D eigenvalue weighted by molar-refractivity contribution is 0.196. The highest BCUT2D eigenvalue weighted by Gasteiger charge is 2.31. The second-order valence-corrected chi connectivity index (χ2v) is 6.84. The van der Waals surface area contributed by atoms with Gasteiger partial charge < -0.3 is 4.90 Å². The molecule has 0 saturated carbocycles. The van der Waals surface area contributed by atoms with Gasteiger partial charge in [-0.3, -0.25) is 4.90 Å². The fourth-order valence-corrected chi connectivity index (χ4v) is 3.55. The Labute approximate surface area is 138 Å². The number of anilines is 1. The molecule has 1 fully saturated rings. The van der Waals surface area contributed by atoms with Crippen LogP contribution in [0.25, 0.3) is 0 Å². The van der Waals surface area contributed by atoms with Crippen LogP contribution in [0.1, 0.15) is 29.7 Å². The number of nitrogens with zero attached hydrogens (tertiary/aromatic N) is 4. The molecule has 23 heavy (non-hydrogen) atoms. The van der Waals surface area contributed by atoms with E-state index in [1.807, 2.05) is 0 Å². The SMILES string of the molecule is CN(Cc1ccccc1)C1CN(c2cc3c(nn2)CCCC3)C1. The lowest BCUT2D eigenvalue weighted by atomic mass is 9.96. The van der Waals surface area contributed by atoms with E-state index in [2.05, 4.69) is 63.4 Å². The molecular formula is C19H24N4. The van der Waals surface area contributed by atoms with E-state index in [0.29, 0.717) is 6.04 Å². The Morgan fingerprint density at radius 3 is 2.70 bits per heavy atom. The minimum Gasteiger partial charge on any atom is -0.352 e. The number of hydrogen-bond donors (Lipinski definition) is 0. The predicted octanol–water partition coefficient (Wildman–Crippen LogP) is 2.68. The molecule has 0 atom stereocenters. The van der Waals surface area contributed by atoms with Gasteiger partial charge in [0.2, 0.25) is 0 Å². The van der Waals surface area contributed by atoms with E-state index in [9.17, 15) is 0 Å². The number of aromatic nitrogens is 2. The fraction of sp³-hybridized carbons (Fsp3) is 0.474. The van der Waals surface area contributed by atoms with Gasteiger partial charge in [-0.1, -0.05) is 30.3 Å². The molecule has 120 valence electrons. The molecule has 2 aliphatic rings. The lowest BCUT2D eigenvalue weighted by Gasteiger charge is -2.44. The van der Waals surface area contributed by atoms with Crippen molar-refractivity contribution in [2.24, 2.45) is 0 Å². The van der Waals surface area contributed by atoms with Gasteiger partial charge in [0, 0.05) is 25.7 Å². The minimum atomic E-state index is 0.605. The maximum Gasteiger partial charge on any atom is 0.151 e. The molecule has 1 aromatic carbocycles. The molecule has 2 heterocycles. The van der Waals surface area contributed by atoms with Gasteiger partial charge in [-0.05, 0) is 49.9 Å². The average molecular weight is 308 g/mol. The molecule has 0 bridgehead atoms. The first-order chi connectivity index (χ1) is 11.3. The van der Waals surface area contributed by atoms with Crippen molar-refractivity contribution in [1.29, 1.82) is 0 Å². The summed E-state index contributed by atoms with van der Waals surface area (Å²) in [7, 11) is 2.22. The van der Waals surface area contributed by atoms with E-state index >= 15 is 0 Å². The number of benzene rings is 1.